The highest BCUT2D eigenvalue weighted by molar-refractivity contribution is 6.31. The Bertz CT molecular complexity index is 1230. The topological polar surface area (TPSA) is 99.3 Å². The number of aliphatic carboxylic acids is 1. The number of rotatable bonds is 9. The van der Waals surface area contributed by atoms with Gasteiger partial charge in [0.15, 0.2) is 0 Å². The van der Waals surface area contributed by atoms with Gasteiger partial charge in [0.25, 0.3) is 5.56 Å². The third kappa shape index (κ3) is 5.37. The number of aryl methyl sites for hydroxylation is 1. The summed E-state index contributed by atoms with van der Waals surface area (Å²) in [6.07, 6.45) is 10.7. The van der Waals surface area contributed by atoms with E-state index in [1.54, 1.807) is 0 Å². The van der Waals surface area contributed by atoms with Crippen molar-refractivity contribution in [2.24, 2.45) is 5.92 Å². The van der Waals surface area contributed by atoms with Gasteiger partial charge in [0.05, 0.1) is 0 Å². The van der Waals surface area contributed by atoms with E-state index in [4.69, 9.17) is 11.6 Å². The molecule has 5 rings (SSSR count). The summed E-state index contributed by atoms with van der Waals surface area (Å²) in [5.74, 6) is -0.382. The minimum atomic E-state index is -1.07. The van der Waals surface area contributed by atoms with Crippen molar-refractivity contribution in [1.82, 2.24) is 10.3 Å². The summed E-state index contributed by atoms with van der Waals surface area (Å²) in [7, 11) is 0. The van der Waals surface area contributed by atoms with Crippen molar-refractivity contribution in [2.75, 3.05) is 0 Å². The Kier molecular flexibility index (Phi) is 6.58. The predicted molar refractivity (Wildman–Crippen MR) is 136 cm³/mol. The van der Waals surface area contributed by atoms with E-state index in [0.29, 0.717) is 36.1 Å². The van der Waals surface area contributed by atoms with E-state index in [1.807, 2.05) is 30.3 Å². The lowest BCUT2D eigenvalue weighted by Gasteiger charge is -2.15. The maximum atomic E-state index is 12.7. The van der Waals surface area contributed by atoms with Gasteiger partial charge in [0, 0.05) is 28.3 Å². The molecule has 7 heteroatoms. The second kappa shape index (κ2) is 9.65. The maximum Gasteiger partial charge on any atom is 0.329 e. The quantitative estimate of drug-likeness (QED) is 0.446. The molecule has 3 fully saturated rings. The molecule has 1 aromatic carbocycles. The molecule has 0 unspecified atom stereocenters. The summed E-state index contributed by atoms with van der Waals surface area (Å²) in [4.78, 5) is 39.4. The Labute approximate surface area is 209 Å². The molecule has 6 nitrogen and oxygen atoms in total. The molecule has 3 aliphatic carbocycles. The average Bonchev–Trinajstić information content (AvgIpc) is 3.76. The number of carbonyl (C=O) groups is 2. The predicted octanol–water partition coefficient (Wildman–Crippen LogP) is 5.19. The minimum absolute atomic E-state index is 0.00848. The fraction of sp³-hybridized carbons (Fsp3) is 0.464. The largest absolute Gasteiger partial charge is 0.480 e. The number of allylic oxidation sites excluding steroid dienone is 1. The lowest BCUT2D eigenvalue weighted by atomic mass is 9.94. The fourth-order valence-electron chi connectivity index (χ4n) is 5.07. The molecule has 0 spiro atoms. The highest BCUT2D eigenvalue weighted by atomic mass is 35.5. The monoisotopic (exact) mass is 494 g/mol. The molecule has 3 N–H and O–H groups in total. The van der Waals surface area contributed by atoms with E-state index in [-0.39, 0.29) is 17.9 Å². The number of halogens is 1. The number of carboxylic acid groups (broad SMARTS) is 1. The summed E-state index contributed by atoms with van der Waals surface area (Å²) in [5, 5.41) is 12.5. The molecule has 0 atom stereocenters. The van der Waals surface area contributed by atoms with E-state index in [0.717, 1.165) is 53.6 Å². The zero-order valence-electron chi connectivity index (χ0n) is 19.7. The van der Waals surface area contributed by atoms with Crippen molar-refractivity contribution in [3.8, 4) is 0 Å². The zero-order valence-corrected chi connectivity index (χ0v) is 20.5. The highest BCUT2D eigenvalue weighted by Crippen LogP contribution is 2.39. The van der Waals surface area contributed by atoms with Crippen molar-refractivity contribution >= 4 is 29.1 Å². The van der Waals surface area contributed by atoms with Crippen LogP contribution in [-0.2, 0) is 16.0 Å². The Hall–Kier alpha value is -2.86. The van der Waals surface area contributed by atoms with Crippen LogP contribution in [0.15, 0.2) is 41.2 Å². The Morgan fingerprint density at radius 3 is 2.46 bits per heavy atom. The number of carbonyl (C=O) groups excluding carboxylic acids is 1. The third-order valence-corrected chi connectivity index (χ3v) is 7.92. The van der Waals surface area contributed by atoms with Gasteiger partial charge in [-0.05, 0) is 80.0 Å². The van der Waals surface area contributed by atoms with Crippen molar-refractivity contribution < 1.29 is 14.7 Å². The molecule has 184 valence electrons. The molecular weight excluding hydrogens is 464 g/mol. The van der Waals surface area contributed by atoms with E-state index < -0.39 is 11.5 Å². The Morgan fingerprint density at radius 1 is 1.11 bits per heavy atom. The van der Waals surface area contributed by atoms with Crippen molar-refractivity contribution in [3.63, 3.8) is 0 Å². The first-order valence-corrected chi connectivity index (χ1v) is 13.0. The van der Waals surface area contributed by atoms with Gasteiger partial charge in [-0.25, -0.2) is 4.79 Å². The van der Waals surface area contributed by atoms with Crippen molar-refractivity contribution in [3.05, 3.63) is 74.2 Å². The molecule has 0 bridgehead atoms. The van der Waals surface area contributed by atoms with Gasteiger partial charge in [-0.2, -0.15) is 0 Å². The fourth-order valence-corrected chi connectivity index (χ4v) is 5.35. The lowest BCUT2D eigenvalue weighted by Crippen LogP contribution is -2.43. The minimum Gasteiger partial charge on any atom is -0.480 e. The van der Waals surface area contributed by atoms with Gasteiger partial charge >= 0.3 is 5.97 Å². The molecule has 35 heavy (non-hydrogen) atoms. The molecule has 2 aromatic rings. The first-order valence-electron chi connectivity index (χ1n) is 12.6. The van der Waals surface area contributed by atoms with Crippen LogP contribution in [0.2, 0.25) is 5.02 Å². The van der Waals surface area contributed by atoms with E-state index in [9.17, 15) is 19.5 Å². The van der Waals surface area contributed by atoms with Gasteiger partial charge in [-0.1, -0.05) is 48.7 Å². The molecule has 0 saturated heterocycles. The van der Waals surface area contributed by atoms with Crippen LogP contribution < -0.4 is 10.9 Å². The van der Waals surface area contributed by atoms with Crippen LogP contribution in [0.5, 0.6) is 0 Å². The summed E-state index contributed by atoms with van der Waals surface area (Å²) in [6.45, 7) is 0. The molecule has 1 heterocycles. The summed E-state index contributed by atoms with van der Waals surface area (Å²) in [5.41, 5.74) is 3.35. The number of H-pyrrole nitrogens is 1. The van der Waals surface area contributed by atoms with Crippen LogP contribution in [0.3, 0.4) is 0 Å². The number of nitrogens with one attached hydrogen (secondary N) is 2. The third-order valence-electron chi connectivity index (χ3n) is 7.57. The van der Waals surface area contributed by atoms with Gasteiger partial charge in [-0.15, -0.1) is 0 Å². The van der Waals surface area contributed by atoms with Gasteiger partial charge in [0.1, 0.15) is 5.54 Å². The SMILES string of the molecule is O=C(CCc1ccc(/C(=C\C2CCCC2)c2ccc(C3CC3)c(=O)[nH]2)cc1Cl)NC1(C(=O)O)CC1. The van der Waals surface area contributed by atoms with E-state index in [1.165, 1.54) is 12.8 Å². The number of hydrogen-bond acceptors (Lipinski definition) is 3. The number of aromatic amines is 1. The summed E-state index contributed by atoms with van der Waals surface area (Å²) < 4.78 is 0. The van der Waals surface area contributed by atoms with Crippen molar-refractivity contribution in [2.45, 2.75) is 75.7 Å². The molecule has 0 radical (unpaired) electrons. The maximum absolute atomic E-state index is 12.7. The van der Waals surface area contributed by atoms with Crippen LogP contribution in [0.1, 0.15) is 86.1 Å². The summed E-state index contributed by atoms with van der Waals surface area (Å²) >= 11 is 6.64. The molecule has 3 saturated carbocycles. The first kappa shape index (κ1) is 23.9. The van der Waals surface area contributed by atoms with Crippen LogP contribution in [0.4, 0.5) is 0 Å². The highest BCUT2D eigenvalue weighted by Gasteiger charge is 2.51. The number of pyridine rings is 1. The van der Waals surface area contributed by atoms with Crippen LogP contribution in [0.25, 0.3) is 5.57 Å². The number of hydrogen-bond donors (Lipinski definition) is 3. The average molecular weight is 495 g/mol. The smallest absolute Gasteiger partial charge is 0.329 e. The molecule has 1 aromatic heterocycles. The number of aromatic nitrogens is 1. The normalized spacial score (nSPS) is 19.5. The second-order valence-electron chi connectivity index (χ2n) is 10.3. The number of carboxylic acids is 1. The van der Waals surface area contributed by atoms with Crippen molar-refractivity contribution in [1.29, 1.82) is 0 Å². The van der Waals surface area contributed by atoms with Crippen LogP contribution in [0, 0.1) is 5.92 Å². The zero-order chi connectivity index (χ0) is 24.6. The standard InChI is InChI=1S/C28H31ClN2O4/c29-23-16-20(8-7-19(23)9-12-25(32)31-28(13-14-28)27(34)35)22(15-17-3-1-2-4-17)24-11-10-21(18-5-6-18)26(33)30-24/h7-8,10-11,15-18H,1-6,9,12-14H2,(H,30,33)(H,31,32)(H,34,35)/b22-15+. The molecule has 3 aliphatic rings. The van der Waals surface area contributed by atoms with Crippen LogP contribution >= 0.6 is 11.6 Å². The van der Waals surface area contributed by atoms with Gasteiger partial charge in [-0.3, -0.25) is 9.59 Å². The molecular formula is C28H31ClN2O4. The summed E-state index contributed by atoms with van der Waals surface area (Å²) in [6, 6.07) is 9.80. The van der Waals surface area contributed by atoms with Crippen LogP contribution in [-0.4, -0.2) is 27.5 Å². The first-order chi connectivity index (χ1) is 16.8. The lowest BCUT2D eigenvalue weighted by molar-refractivity contribution is -0.143. The van der Waals surface area contributed by atoms with Gasteiger partial charge < -0.3 is 15.4 Å². The second-order valence-corrected chi connectivity index (χ2v) is 10.7. The Morgan fingerprint density at radius 2 is 1.86 bits per heavy atom. The molecule has 0 aliphatic heterocycles. The van der Waals surface area contributed by atoms with E-state index >= 15 is 0 Å². The van der Waals surface area contributed by atoms with E-state index in [2.05, 4.69) is 16.4 Å². The Balaban J connectivity index is 1.35. The number of amides is 1. The number of benzene rings is 1. The van der Waals surface area contributed by atoms with Gasteiger partial charge in [0.2, 0.25) is 5.91 Å². The molecule has 1 amide bonds.